The Morgan fingerprint density at radius 1 is 1.09 bits per heavy atom. The molecule has 0 atom stereocenters. The number of thioether (sulfide) groups is 1. The number of piperidine rings is 1. The van der Waals surface area contributed by atoms with Crippen LogP contribution in [-0.2, 0) is 20.9 Å². The summed E-state index contributed by atoms with van der Waals surface area (Å²) in [5.74, 6) is 1.66. The first-order valence-corrected chi connectivity index (χ1v) is 13.0. The Morgan fingerprint density at radius 3 is 2.47 bits per heavy atom. The molecule has 0 aliphatic carbocycles. The standard InChI is InChI=1S/C24H34N6O3S/c1-18(2)16-30-23(29-12-14-33-15-13-29)26-27-24(30)34-17-21(31)28-10-8-19(9-11-28)22(32)25-20-6-4-3-5-7-20/h3-7,18-19H,8-17H2,1-2H3,(H,25,32). The number of nitrogens with zero attached hydrogens (tertiary/aromatic N) is 5. The molecule has 1 aromatic carbocycles. The van der Waals surface area contributed by atoms with Gasteiger partial charge in [0.2, 0.25) is 17.8 Å². The zero-order chi connectivity index (χ0) is 23.9. The van der Waals surface area contributed by atoms with E-state index in [1.165, 1.54) is 11.8 Å². The van der Waals surface area contributed by atoms with Gasteiger partial charge >= 0.3 is 0 Å². The molecule has 4 rings (SSSR count). The van der Waals surface area contributed by atoms with E-state index >= 15 is 0 Å². The molecule has 0 radical (unpaired) electrons. The van der Waals surface area contributed by atoms with Crippen molar-refractivity contribution in [1.82, 2.24) is 19.7 Å². The van der Waals surface area contributed by atoms with Gasteiger partial charge in [-0.3, -0.25) is 14.2 Å². The fraction of sp³-hybridized carbons (Fsp3) is 0.583. The third-order valence-corrected chi connectivity index (χ3v) is 7.08. The van der Waals surface area contributed by atoms with Crippen LogP contribution < -0.4 is 10.2 Å². The van der Waals surface area contributed by atoms with Crippen LogP contribution in [0.25, 0.3) is 0 Å². The molecule has 2 fully saturated rings. The lowest BCUT2D eigenvalue weighted by atomic mass is 9.96. The molecule has 3 heterocycles. The van der Waals surface area contributed by atoms with E-state index in [4.69, 9.17) is 4.74 Å². The van der Waals surface area contributed by atoms with Crippen molar-refractivity contribution in [1.29, 1.82) is 0 Å². The van der Waals surface area contributed by atoms with Crippen molar-refractivity contribution in [2.24, 2.45) is 11.8 Å². The number of para-hydroxylation sites is 1. The third kappa shape index (κ3) is 6.29. The largest absolute Gasteiger partial charge is 0.378 e. The van der Waals surface area contributed by atoms with E-state index in [9.17, 15) is 9.59 Å². The molecule has 0 spiro atoms. The smallest absolute Gasteiger partial charge is 0.233 e. The minimum absolute atomic E-state index is 0.0325. The quantitative estimate of drug-likeness (QED) is 0.574. The molecule has 9 nitrogen and oxygen atoms in total. The number of morpholine rings is 1. The minimum atomic E-state index is -0.0675. The molecular formula is C24H34N6O3S. The summed E-state index contributed by atoms with van der Waals surface area (Å²) in [4.78, 5) is 29.5. The molecule has 184 valence electrons. The summed E-state index contributed by atoms with van der Waals surface area (Å²) in [5.41, 5.74) is 0.810. The first-order chi connectivity index (χ1) is 16.5. The molecule has 0 bridgehead atoms. The molecule has 2 aromatic rings. The fourth-order valence-corrected chi connectivity index (χ4v) is 5.13. The summed E-state index contributed by atoms with van der Waals surface area (Å²) in [6.45, 7) is 9.32. The maximum atomic E-state index is 12.9. The van der Waals surface area contributed by atoms with Gasteiger partial charge in [-0.1, -0.05) is 43.8 Å². The average Bonchev–Trinajstić information content (AvgIpc) is 3.25. The van der Waals surface area contributed by atoms with Crippen molar-refractivity contribution >= 4 is 35.2 Å². The molecule has 2 saturated heterocycles. The van der Waals surface area contributed by atoms with Crippen molar-refractivity contribution in [3.63, 3.8) is 0 Å². The summed E-state index contributed by atoms with van der Waals surface area (Å²) in [6.07, 6.45) is 1.36. The number of rotatable bonds is 8. The van der Waals surface area contributed by atoms with Gasteiger partial charge in [0.05, 0.1) is 19.0 Å². The average molecular weight is 487 g/mol. The normalized spacial score (nSPS) is 17.3. The van der Waals surface area contributed by atoms with E-state index in [0.717, 1.165) is 36.4 Å². The van der Waals surface area contributed by atoms with Crippen molar-refractivity contribution < 1.29 is 14.3 Å². The van der Waals surface area contributed by atoms with E-state index in [1.54, 1.807) is 0 Å². The Bertz CT molecular complexity index is 953. The SMILES string of the molecule is CC(C)Cn1c(SCC(=O)N2CCC(C(=O)Nc3ccccc3)CC2)nnc1N1CCOCC1. The lowest BCUT2D eigenvalue weighted by Crippen LogP contribution is -2.42. The van der Waals surface area contributed by atoms with Crippen molar-refractivity contribution in [2.75, 3.05) is 55.4 Å². The highest BCUT2D eigenvalue weighted by molar-refractivity contribution is 7.99. The van der Waals surface area contributed by atoms with Crippen molar-refractivity contribution in [3.05, 3.63) is 30.3 Å². The number of likely N-dealkylation sites (tertiary alicyclic amines) is 1. The maximum Gasteiger partial charge on any atom is 0.233 e. The van der Waals surface area contributed by atoms with Crippen LogP contribution in [0.15, 0.2) is 35.5 Å². The second kappa shape index (κ2) is 11.7. The molecule has 1 aromatic heterocycles. The van der Waals surface area contributed by atoms with Gasteiger partial charge in [0.25, 0.3) is 0 Å². The number of ether oxygens (including phenoxy) is 1. The van der Waals surface area contributed by atoms with Gasteiger partial charge in [-0.15, -0.1) is 10.2 Å². The summed E-state index contributed by atoms with van der Waals surface area (Å²) in [5, 5.41) is 12.6. The number of amides is 2. The summed E-state index contributed by atoms with van der Waals surface area (Å²) in [6, 6.07) is 9.50. The van der Waals surface area contributed by atoms with Crippen LogP contribution in [-0.4, -0.2) is 76.6 Å². The van der Waals surface area contributed by atoms with Gasteiger partial charge in [0.15, 0.2) is 5.16 Å². The van der Waals surface area contributed by atoms with E-state index in [0.29, 0.717) is 50.8 Å². The molecular weight excluding hydrogens is 452 g/mol. The second-order valence-corrected chi connectivity index (χ2v) is 10.1. The highest BCUT2D eigenvalue weighted by Crippen LogP contribution is 2.26. The molecule has 10 heteroatoms. The van der Waals surface area contributed by atoms with Gasteiger partial charge in [-0.2, -0.15) is 0 Å². The maximum absolute atomic E-state index is 12.9. The lowest BCUT2D eigenvalue weighted by molar-refractivity contribution is -0.132. The van der Waals surface area contributed by atoms with Crippen LogP contribution in [0.3, 0.4) is 0 Å². The van der Waals surface area contributed by atoms with Gasteiger partial charge < -0.3 is 19.9 Å². The number of carbonyl (C=O) groups is 2. The Balaban J connectivity index is 1.29. The number of anilines is 2. The van der Waals surface area contributed by atoms with E-state index < -0.39 is 0 Å². The van der Waals surface area contributed by atoms with Crippen LogP contribution in [0.2, 0.25) is 0 Å². The van der Waals surface area contributed by atoms with E-state index in [-0.39, 0.29) is 17.7 Å². The minimum Gasteiger partial charge on any atom is -0.378 e. The van der Waals surface area contributed by atoms with Crippen LogP contribution in [0.5, 0.6) is 0 Å². The predicted molar refractivity (Wildman–Crippen MR) is 133 cm³/mol. The topological polar surface area (TPSA) is 92.6 Å². The number of hydrogen-bond acceptors (Lipinski definition) is 7. The molecule has 2 amide bonds. The monoisotopic (exact) mass is 486 g/mol. The van der Waals surface area contributed by atoms with Crippen LogP contribution in [0.1, 0.15) is 26.7 Å². The highest BCUT2D eigenvalue weighted by Gasteiger charge is 2.28. The molecule has 2 aliphatic rings. The van der Waals surface area contributed by atoms with Crippen molar-refractivity contribution in [2.45, 2.75) is 38.4 Å². The van der Waals surface area contributed by atoms with Crippen LogP contribution in [0.4, 0.5) is 11.6 Å². The Hall–Kier alpha value is -2.59. The third-order valence-electron chi connectivity index (χ3n) is 6.12. The highest BCUT2D eigenvalue weighted by atomic mass is 32.2. The predicted octanol–water partition coefficient (Wildman–Crippen LogP) is 2.74. The van der Waals surface area contributed by atoms with Gasteiger partial charge in [-0.05, 0) is 30.9 Å². The molecule has 2 aliphatic heterocycles. The second-order valence-electron chi connectivity index (χ2n) is 9.19. The van der Waals surface area contributed by atoms with Crippen LogP contribution in [0, 0.1) is 11.8 Å². The molecule has 0 unspecified atom stereocenters. The molecule has 0 saturated carbocycles. The number of benzene rings is 1. The van der Waals surface area contributed by atoms with Gasteiger partial charge in [-0.25, -0.2) is 0 Å². The van der Waals surface area contributed by atoms with Gasteiger partial charge in [0.1, 0.15) is 0 Å². The Morgan fingerprint density at radius 2 is 1.79 bits per heavy atom. The van der Waals surface area contributed by atoms with E-state index in [2.05, 4.69) is 38.8 Å². The number of aromatic nitrogens is 3. The number of carbonyl (C=O) groups excluding carboxylic acids is 2. The summed E-state index contributed by atoms with van der Waals surface area (Å²) >= 11 is 1.45. The first kappa shape index (κ1) is 24.5. The zero-order valence-electron chi connectivity index (χ0n) is 20.0. The first-order valence-electron chi connectivity index (χ1n) is 12.0. The number of nitrogens with one attached hydrogen (secondary N) is 1. The Labute approximate surface area is 205 Å². The summed E-state index contributed by atoms with van der Waals surface area (Å²) in [7, 11) is 0. The van der Waals surface area contributed by atoms with E-state index in [1.807, 2.05) is 35.2 Å². The van der Waals surface area contributed by atoms with Crippen LogP contribution >= 0.6 is 11.8 Å². The molecule has 1 N–H and O–H groups in total. The van der Waals surface area contributed by atoms with Crippen molar-refractivity contribution in [3.8, 4) is 0 Å². The lowest BCUT2D eigenvalue weighted by Gasteiger charge is -2.31. The zero-order valence-corrected chi connectivity index (χ0v) is 20.8. The Kier molecular flexibility index (Phi) is 8.44. The fourth-order valence-electron chi connectivity index (χ4n) is 4.28. The number of hydrogen-bond donors (Lipinski definition) is 1. The van der Waals surface area contributed by atoms with Gasteiger partial charge in [0, 0.05) is 44.3 Å². The summed E-state index contributed by atoms with van der Waals surface area (Å²) < 4.78 is 7.60. The molecule has 34 heavy (non-hydrogen) atoms.